The first kappa shape index (κ1) is 16.7. The minimum absolute atomic E-state index is 0.0462. The van der Waals surface area contributed by atoms with Crippen LogP contribution in [0.1, 0.15) is 17.7 Å². The zero-order valence-corrected chi connectivity index (χ0v) is 13.5. The molecular formula is C17H21NO5. The summed E-state index contributed by atoms with van der Waals surface area (Å²) in [5.41, 5.74) is 0.867. The molecule has 0 aliphatic heterocycles. The fraction of sp³-hybridized carbons (Fsp3) is 0.353. The van der Waals surface area contributed by atoms with E-state index in [1.807, 2.05) is 24.3 Å². The lowest BCUT2D eigenvalue weighted by atomic mass is 10.1. The SMILES string of the molecule is COc1cc(CNC(=O)CCc2ccco2)cc(OC)c1OC. The smallest absolute Gasteiger partial charge is 0.220 e. The van der Waals surface area contributed by atoms with E-state index in [0.717, 1.165) is 11.3 Å². The number of furan rings is 1. The number of hydrogen-bond donors (Lipinski definition) is 1. The summed E-state index contributed by atoms with van der Waals surface area (Å²) >= 11 is 0. The van der Waals surface area contributed by atoms with Crippen molar-refractivity contribution in [3.8, 4) is 17.2 Å². The predicted octanol–water partition coefficient (Wildman–Crippen LogP) is 2.55. The van der Waals surface area contributed by atoms with Crippen molar-refractivity contribution < 1.29 is 23.4 Å². The van der Waals surface area contributed by atoms with Gasteiger partial charge < -0.3 is 23.9 Å². The van der Waals surface area contributed by atoms with Gasteiger partial charge in [0.1, 0.15) is 5.76 Å². The zero-order valence-electron chi connectivity index (χ0n) is 13.5. The third kappa shape index (κ3) is 4.42. The Bertz CT molecular complexity index is 611. The third-order valence-corrected chi connectivity index (χ3v) is 3.39. The molecule has 0 fully saturated rings. The van der Waals surface area contributed by atoms with Crippen molar-refractivity contribution in [2.24, 2.45) is 0 Å². The number of methoxy groups -OCH3 is 3. The van der Waals surface area contributed by atoms with E-state index in [9.17, 15) is 4.79 Å². The maximum Gasteiger partial charge on any atom is 0.220 e. The number of rotatable bonds is 8. The summed E-state index contributed by atoms with van der Waals surface area (Å²) in [6, 6.07) is 7.29. The molecule has 1 N–H and O–H groups in total. The van der Waals surface area contributed by atoms with Gasteiger partial charge >= 0.3 is 0 Å². The number of ether oxygens (including phenoxy) is 3. The standard InChI is InChI=1S/C17H21NO5/c1-20-14-9-12(10-15(21-2)17(14)22-3)11-18-16(19)7-6-13-5-4-8-23-13/h4-5,8-10H,6-7,11H2,1-3H3,(H,18,19). The number of hydrogen-bond acceptors (Lipinski definition) is 5. The molecule has 6 nitrogen and oxygen atoms in total. The molecule has 0 spiro atoms. The molecule has 0 aliphatic rings. The molecule has 1 aromatic carbocycles. The first-order chi connectivity index (χ1) is 11.2. The summed E-state index contributed by atoms with van der Waals surface area (Å²) in [4.78, 5) is 11.9. The molecule has 23 heavy (non-hydrogen) atoms. The minimum atomic E-state index is -0.0462. The lowest BCUT2D eigenvalue weighted by Crippen LogP contribution is -2.23. The van der Waals surface area contributed by atoms with Crippen LogP contribution in [0.3, 0.4) is 0 Å². The number of aryl methyl sites for hydroxylation is 1. The molecule has 6 heteroatoms. The van der Waals surface area contributed by atoms with Crippen LogP contribution in [0.5, 0.6) is 17.2 Å². The van der Waals surface area contributed by atoms with Gasteiger partial charge in [0.05, 0.1) is 27.6 Å². The molecule has 0 saturated heterocycles. The maximum atomic E-state index is 11.9. The van der Waals surface area contributed by atoms with Gasteiger partial charge in [-0.25, -0.2) is 0 Å². The third-order valence-electron chi connectivity index (χ3n) is 3.39. The van der Waals surface area contributed by atoms with E-state index in [2.05, 4.69) is 5.32 Å². The highest BCUT2D eigenvalue weighted by Crippen LogP contribution is 2.38. The Labute approximate surface area is 135 Å². The van der Waals surface area contributed by atoms with Gasteiger partial charge in [0, 0.05) is 19.4 Å². The van der Waals surface area contributed by atoms with Crippen molar-refractivity contribution in [3.05, 3.63) is 41.9 Å². The summed E-state index contributed by atoms with van der Waals surface area (Å²) in [5.74, 6) is 2.41. The fourth-order valence-electron chi connectivity index (χ4n) is 2.22. The molecule has 0 unspecified atom stereocenters. The van der Waals surface area contributed by atoms with E-state index in [4.69, 9.17) is 18.6 Å². The number of carbonyl (C=O) groups is 1. The quantitative estimate of drug-likeness (QED) is 0.810. The van der Waals surface area contributed by atoms with Gasteiger partial charge in [0.15, 0.2) is 11.5 Å². The topological polar surface area (TPSA) is 69.9 Å². The van der Waals surface area contributed by atoms with Crippen LogP contribution in [0.25, 0.3) is 0 Å². The van der Waals surface area contributed by atoms with Crippen LogP contribution in [0, 0.1) is 0 Å². The Balaban J connectivity index is 1.95. The van der Waals surface area contributed by atoms with Crippen LogP contribution < -0.4 is 19.5 Å². The molecule has 2 aromatic rings. The van der Waals surface area contributed by atoms with Gasteiger partial charge in [-0.3, -0.25) is 4.79 Å². The van der Waals surface area contributed by atoms with Crippen molar-refractivity contribution in [1.29, 1.82) is 0 Å². The van der Waals surface area contributed by atoms with Crippen LogP contribution in [0.4, 0.5) is 0 Å². The normalized spacial score (nSPS) is 10.2. The largest absolute Gasteiger partial charge is 0.493 e. The zero-order chi connectivity index (χ0) is 16.7. The number of nitrogens with one attached hydrogen (secondary N) is 1. The second-order valence-electron chi connectivity index (χ2n) is 4.89. The van der Waals surface area contributed by atoms with Crippen molar-refractivity contribution in [2.75, 3.05) is 21.3 Å². The van der Waals surface area contributed by atoms with Crippen molar-refractivity contribution in [1.82, 2.24) is 5.32 Å². The highest BCUT2D eigenvalue weighted by Gasteiger charge is 2.13. The van der Waals surface area contributed by atoms with E-state index in [-0.39, 0.29) is 5.91 Å². The number of carbonyl (C=O) groups excluding carboxylic acids is 1. The number of benzene rings is 1. The average molecular weight is 319 g/mol. The monoisotopic (exact) mass is 319 g/mol. The van der Waals surface area contributed by atoms with Crippen molar-refractivity contribution >= 4 is 5.91 Å². The van der Waals surface area contributed by atoms with Crippen LogP contribution in [-0.4, -0.2) is 27.2 Å². The second kappa shape index (κ2) is 8.12. The Morgan fingerprint density at radius 2 is 1.83 bits per heavy atom. The first-order valence-corrected chi connectivity index (χ1v) is 7.26. The molecule has 1 heterocycles. The molecule has 0 bridgehead atoms. The molecule has 2 rings (SSSR count). The fourth-order valence-corrected chi connectivity index (χ4v) is 2.22. The van der Waals surface area contributed by atoms with Crippen LogP contribution in [-0.2, 0) is 17.8 Å². The van der Waals surface area contributed by atoms with Crippen molar-refractivity contribution in [2.45, 2.75) is 19.4 Å². The van der Waals surface area contributed by atoms with Gasteiger partial charge in [-0.2, -0.15) is 0 Å². The van der Waals surface area contributed by atoms with E-state index in [1.54, 1.807) is 27.6 Å². The molecule has 1 amide bonds. The first-order valence-electron chi connectivity index (χ1n) is 7.26. The number of amides is 1. The highest BCUT2D eigenvalue weighted by atomic mass is 16.5. The second-order valence-corrected chi connectivity index (χ2v) is 4.89. The molecule has 1 aromatic heterocycles. The predicted molar refractivity (Wildman–Crippen MR) is 85.0 cm³/mol. The van der Waals surface area contributed by atoms with E-state index in [0.29, 0.717) is 36.6 Å². The summed E-state index contributed by atoms with van der Waals surface area (Å²) < 4.78 is 21.1. The summed E-state index contributed by atoms with van der Waals surface area (Å²) in [6.45, 7) is 0.383. The Hall–Kier alpha value is -2.63. The van der Waals surface area contributed by atoms with Gasteiger partial charge in [-0.05, 0) is 29.8 Å². The Morgan fingerprint density at radius 3 is 2.35 bits per heavy atom. The van der Waals surface area contributed by atoms with Crippen molar-refractivity contribution in [3.63, 3.8) is 0 Å². The summed E-state index contributed by atoms with van der Waals surface area (Å²) in [6.07, 6.45) is 2.55. The Morgan fingerprint density at radius 1 is 1.13 bits per heavy atom. The van der Waals surface area contributed by atoms with Gasteiger partial charge in [-0.15, -0.1) is 0 Å². The average Bonchev–Trinajstić information content (AvgIpc) is 3.10. The van der Waals surface area contributed by atoms with E-state index in [1.165, 1.54) is 0 Å². The highest BCUT2D eigenvalue weighted by molar-refractivity contribution is 5.76. The van der Waals surface area contributed by atoms with Crippen LogP contribution >= 0.6 is 0 Å². The van der Waals surface area contributed by atoms with Gasteiger partial charge in [0.25, 0.3) is 0 Å². The molecule has 124 valence electrons. The molecule has 0 atom stereocenters. The van der Waals surface area contributed by atoms with E-state index >= 15 is 0 Å². The van der Waals surface area contributed by atoms with E-state index < -0.39 is 0 Å². The minimum Gasteiger partial charge on any atom is -0.493 e. The Kier molecular flexibility index (Phi) is 5.91. The summed E-state index contributed by atoms with van der Waals surface area (Å²) in [5, 5.41) is 2.87. The van der Waals surface area contributed by atoms with Crippen LogP contribution in [0.15, 0.2) is 34.9 Å². The molecular weight excluding hydrogens is 298 g/mol. The van der Waals surface area contributed by atoms with Gasteiger partial charge in [0.2, 0.25) is 11.7 Å². The van der Waals surface area contributed by atoms with Crippen LogP contribution in [0.2, 0.25) is 0 Å². The summed E-state index contributed by atoms with van der Waals surface area (Å²) in [7, 11) is 4.67. The molecule has 0 saturated carbocycles. The lowest BCUT2D eigenvalue weighted by Gasteiger charge is -2.14. The van der Waals surface area contributed by atoms with Gasteiger partial charge in [-0.1, -0.05) is 0 Å². The molecule has 0 aliphatic carbocycles. The lowest BCUT2D eigenvalue weighted by molar-refractivity contribution is -0.121. The molecule has 0 radical (unpaired) electrons. The maximum absolute atomic E-state index is 11.9.